The predicted octanol–water partition coefficient (Wildman–Crippen LogP) is 6.63. The summed E-state index contributed by atoms with van der Waals surface area (Å²) in [6, 6.07) is 21.4. The number of pyridine rings is 1. The highest BCUT2D eigenvalue weighted by Crippen LogP contribution is 2.34. The molecule has 6 heteroatoms. The summed E-state index contributed by atoms with van der Waals surface area (Å²) in [5.74, 6) is 1.11. The Balaban J connectivity index is 1.53. The zero-order chi connectivity index (χ0) is 23.2. The van der Waals surface area contributed by atoms with Gasteiger partial charge in [-0.1, -0.05) is 50.7 Å². The first kappa shape index (κ1) is 22.7. The molecule has 2 heterocycles. The van der Waals surface area contributed by atoms with E-state index in [-0.39, 0.29) is 5.91 Å². The Hall–Kier alpha value is -3.51. The van der Waals surface area contributed by atoms with Gasteiger partial charge in [-0.25, -0.2) is 15.0 Å². The molecule has 4 aromatic rings. The second-order valence-electron chi connectivity index (χ2n) is 7.93. The van der Waals surface area contributed by atoms with E-state index in [1.165, 1.54) is 17.3 Å². The van der Waals surface area contributed by atoms with Crippen LogP contribution >= 0.6 is 11.8 Å². The van der Waals surface area contributed by atoms with Crippen LogP contribution in [0.5, 0.6) is 0 Å². The molecule has 33 heavy (non-hydrogen) atoms. The van der Waals surface area contributed by atoms with Crippen LogP contribution in [0.4, 0.5) is 5.69 Å². The van der Waals surface area contributed by atoms with Gasteiger partial charge in [-0.15, -0.1) is 0 Å². The van der Waals surface area contributed by atoms with Crippen molar-refractivity contribution in [1.29, 1.82) is 0 Å². The third-order valence-electron chi connectivity index (χ3n) is 5.21. The quantitative estimate of drug-likeness (QED) is 0.339. The standard InChI is InChI=1S/C27H26N4OS/c1-4-25-28-16-14-24(31-25)23-9-6-15-29-27(23)33-22-8-5-7-20(17-22)26(32)30-21-12-10-19(11-13-21)18(2)3/h5-18H,4H2,1-3H3,(H,30,32). The third kappa shape index (κ3) is 5.65. The monoisotopic (exact) mass is 454 g/mol. The number of hydrogen-bond acceptors (Lipinski definition) is 5. The van der Waals surface area contributed by atoms with Gasteiger partial charge in [0.1, 0.15) is 10.9 Å². The molecule has 2 aromatic heterocycles. The number of rotatable bonds is 7. The molecule has 0 saturated heterocycles. The second kappa shape index (κ2) is 10.4. The van der Waals surface area contributed by atoms with Crippen molar-refractivity contribution in [2.75, 3.05) is 5.32 Å². The fourth-order valence-electron chi connectivity index (χ4n) is 3.35. The van der Waals surface area contributed by atoms with Crippen LogP contribution in [0, 0.1) is 0 Å². The highest BCUT2D eigenvalue weighted by Gasteiger charge is 2.12. The number of carbonyl (C=O) groups excluding carboxylic acids is 1. The SMILES string of the molecule is CCc1nccc(-c2cccnc2Sc2cccc(C(=O)Nc3ccc(C(C)C)cc3)c2)n1. The molecular weight excluding hydrogens is 428 g/mol. The van der Waals surface area contributed by atoms with Gasteiger partial charge < -0.3 is 5.32 Å². The summed E-state index contributed by atoms with van der Waals surface area (Å²) in [5, 5.41) is 3.82. The lowest BCUT2D eigenvalue weighted by Gasteiger charge is -2.10. The van der Waals surface area contributed by atoms with Crippen molar-refractivity contribution in [2.24, 2.45) is 0 Å². The Labute approximate surface area is 198 Å². The Bertz CT molecular complexity index is 1250. The average molecular weight is 455 g/mol. The van der Waals surface area contributed by atoms with Crippen LogP contribution in [0.1, 0.15) is 48.4 Å². The smallest absolute Gasteiger partial charge is 0.255 e. The molecule has 2 aromatic carbocycles. The van der Waals surface area contributed by atoms with E-state index in [0.717, 1.165) is 39.1 Å². The van der Waals surface area contributed by atoms with E-state index in [4.69, 9.17) is 0 Å². The van der Waals surface area contributed by atoms with Gasteiger partial charge in [0.25, 0.3) is 5.91 Å². The fraction of sp³-hybridized carbons (Fsp3) is 0.185. The van der Waals surface area contributed by atoms with Gasteiger partial charge in [-0.05, 0) is 60.0 Å². The lowest BCUT2D eigenvalue weighted by molar-refractivity contribution is 0.102. The summed E-state index contributed by atoms with van der Waals surface area (Å²) in [7, 11) is 0. The Morgan fingerprint density at radius 1 is 0.970 bits per heavy atom. The van der Waals surface area contributed by atoms with Crippen LogP contribution in [0.2, 0.25) is 0 Å². The lowest BCUT2D eigenvalue weighted by Crippen LogP contribution is -2.11. The number of benzene rings is 2. The predicted molar refractivity (Wildman–Crippen MR) is 134 cm³/mol. The van der Waals surface area contributed by atoms with Gasteiger partial charge in [0, 0.05) is 40.5 Å². The van der Waals surface area contributed by atoms with Crippen LogP contribution in [0.15, 0.2) is 89.0 Å². The first-order valence-corrected chi connectivity index (χ1v) is 11.8. The summed E-state index contributed by atoms with van der Waals surface area (Å²) in [5.41, 5.74) is 4.41. The van der Waals surface area contributed by atoms with Crippen molar-refractivity contribution >= 4 is 23.4 Å². The number of aryl methyl sites for hydroxylation is 1. The highest BCUT2D eigenvalue weighted by molar-refractivity contribution is 7.99. The molecule has 0 aliphatic carbocycles. The maximum atomic E-state index is 12.8. The summed E-state index contributed by atoms with van der Waals surface area (Å²) in [4.78, 5) is 27.3. The molecule has 4 rings (SSSR count). The Kier molecular flexibility index (Phi) is 7.15. The van der Waals surface area contributed by atoms with Gasteiger partial charge in [0.05, 0.1) is 5.69 Å². The minimum atomic E-state index is -0.139. The van der Waals surface area contributed by atoms with Crippen molar-refractivity contribution in [1.82, 2.24) is 15.0 Å². The third-order valence-corrected chi connectivity index (χ3v) is 6.22. The average Bonchev–Trinajstić information content (AvgIpc) is 2.85. The number of carbonyl (C=O) groups is 1. The van der Waals surface area contributed by atoms with E-state index in [1.54, 1.807) is 12.4 Å². The molecule has 1 N–H and O–H groups in total. The Morgan fingerprint density at radius 3 is 2.55 bits per heavy atom. The van der Waals surface area contributed by atoms with Crippen LogP contribution in [0.25, 0.3) is 11.3 Å². The lowest BCUT2D eigenvalue weighted by atomic mass is 10.0. The van der Waals surface area contributed by atoms with Crippen molar-refractivity contribution in [3.8, 4) is 11.3 Å². The zero-order valence-corrected chi connectivity index (χ0v) is 19.8. The maximum absolute atomic E-state index is 12.8. The van der Waals surface area contributed by atoms with Crippen molar-refractivity contribution < 1.29 is 4.79 Å². The van der Waals surface area contributed by atoms with Gasteiger partial charge >= 0.3 is 0 Å². The number of amides is 1. The molecule has 166 valence electrons. The fourth-order valence-corrected chi connectivity index (χ4v) is 4.31. The van der Waals surface area contributed by atoms with E-state index < -0.39 is 0 Å². The minimum absolute atomic E-state index is 0.139. The summed E-state index contributed by atoms with van der Waals surface area (Å²) in [6.07, 6.45) is 4.32. The van der Waals surface area contributed by atoms with Crippen molar-refractivity contribution in [3.05, 3.63) is 96.1 Å². The molecule has 0 aliphatic heterocycles. The number of hydrogen-bond donors (Lipinski definition) is 1. The van der Waals surface area contributed by atoms with Crippen molar-refractivity contribution in [3.63, 3.8) is 0 Å². The number of nitrogens with zero attached hydrogens (tertiary/aromatic N) is 3. The molecule has 0 aliphatic rings. The number of nitrogens with one attached hydrogen (secondary N) is 1. The van der Waals surface area contributed by atoms with E-state index in [1.807, 2.05) is 73.7 Å². The van der Waals surface area contributed by atoms with Gasteiger partial charge in [0.15, 0.2) is 0 Å². The second-order valence-corrected chi connectivity index (χ2v) is 8.99. The van der Waals surface area contributed by atoms with E-state index in [9.17, 15) is 4.79 Å². The topological polar surface area (TPSA) is 67.8 Å². The first-order chi connectivity index (χ1) is 16.0. The zero-order valence-electron chi connectivity index (χ0n) is 18.9. The van der Waals surface area contributed by atoms with Crippen LogP contribution in [-0.4, -0.2) is 20.9 Å². The number of aromatic nitrogens is 3. The number of anilines is 1. The molecule has 0 fully saturated rings. The molecular formula is C27H26N4OS. The maximum Gasteiger partial charge on any atom is 0.255 e. The molecule has 0 bridgehead atoms. The van der Waals surface area contributed by atoms with E-state index in [2.05, 4.69) is 34.1 Å². The molecule has 0 saturated carbocycles. The Morgan fingerprint density at radius 2 is 1.79 bits per heavy atom. The van der Waals surface area contributed by atoms with Gasteiger partial charge in [-0.2, -0.15) is 0 Å². The van der Waals surface area contributed by atoms with E-state index in [0.29, 0.717) is 11.5 Å². The molecule has 0 radical (unpaired) electrons. The molecule has 5 nitrogen and oxygen atoms in total. The van der Waals surface area contributed by atoms with Gasteiger partial charge in [-0.3, -0.25) is 4.79 Å². The van der Waals surface area contributed by atoms with Crippen LogP contribution in [-0.2, 0) is 6.42 Å². The summed E-state index contributed by atoms with van der Waals surface area (Å²) < 4.78 is 0. The largest absolute Gasteiger partial charge is 0.322 e. The molecule has 0 atom stereocenters. The normalized spacial score (nSPS) is 10.9. The summed E-state index contributed by atoms with van der Waals surface area (Å²) >= 11 is 1.51. The molecule has 0 spiro atoms. The summed E-state index contributed by atoms with van der Waals surface area (Å²) in [6.45, 7) is 6.34. The highest BCUT2D eigenvalue weighted by atomic mass is 32.2. The van der Waals surface area contributed by atoms with Crippen molar-refractivity contribution in [2.45, 2.75) is 43.0 Å². The van der Waals surface area contributed by atoms with Crippen LogP contribution < -0.4 is 5.32 Å². The molecule has 0 unspecified atom stereocenters. The van der Waals surface area contributed by atoms with E-state index >= 15 is 0 Å². The first-order valence-electron chi connectivity index (χ1n) is 11.0. The minimum Gasteiger partial charge on any atom is -0.322 e. The van der Waals surface area contributed by atoms with Crippen LogP contribution in [0.3, 0.4) is 0 Å². The van der Waals surface area contributed by atoms with Gasteiger partial charge in [0.2, 0.25) is 0 Å². The molecule has 1 amide bonds.